The fourth-order valence-electron chi connectivity index (χ4n) is 3.50. The van der Waals surface area contributed by atoms with Gasteiger partial charge in [0.05, 0.1) is 11.4 Å². The van der Waals surface area contributed by atoms with E-state index in [0.717, 1.165) is 37.1 Å². The van der Waals surface area contributed by atoms with Gasteiger partial charge < -0.3 is 4.57 Å². The standard InChI is InChI=1S/C18H23ClN2O2S/c1-13-14(2)21(17-9-4-3-5-10-17)18(20-13)24(22,23)12-15-7-6-8-16(19)11-15/h6-8,11,17H,3-5,9-10,12H2,1-2H3. The van der Waals surface area contributed by atoms with Crippen LogP contribution < -0.4 is 0 Å². The second kappa shape index (κ2) is 6.89. The van der Waals surface area contributed by atoms with E-state index in [-0.39, 0.29) is 17.0 Å². The number of nitrogens with zero attached hydrogens (tertiary/aromatic N) is 2. The summed E-state index contributed by atoms with van der Waals surface area (Å²) in [6.07, 6.45) is 5.57. The first-order chi connectivity index (χ1) is 11.4. The van der Waals surface area contributed by atoms with Crippen LogP contribution in [0.1, 0.15) is 55.1 Å². The predicted octanol–water partition coefficient (Wildman–Crippen LogP) is 4.63. The maximum absolute atomic E-state index is 13.0. The normalized spacial score (nSPS) is 16.5. The van der Waals surface area contributed by atoms with E-state index in [0.29, 0.717) is 10.6 Å². The van der Waals surface area contributed by atoms with Gasteiger partial charge in [-0.2, -0.15) is 0 Å². The Hall–Kier alpha value is -1.33. The van der Waals surface area contributed by atoms with E-state index in [2.05, 4.69) is 4.98 Å². The third-order valence-electron chi connectivity index (χ3n) is 4.82. The van der Waals surface area contributed by atoms with Crippen LogP contribution in [0, 0.1) is 13.8 Å². The van der Waals surface area contributed by atoms with E-state index < -0.39 is 9.84 Å². The molecule has 0 saturated heterocycles. The number of sulfone groups is 1. The number of benzene rings is 1. The average molecular weight is 367 g/mol. The zero-order valence-electron chi connectivity index (χ0n) is 14.1. The van der Waals surface area contributed by atoms with Gasteiger partial charge in [-0.25, -0.2) is 13.4 Å². The Morgan fingerprint density at radius 2 is 1.92 bits per heavy atom. The van der Waals surface area contributed by atoms with E-state index in [1.807, 2.05) is 18.4 Å². The fourth-order valence-corrected chi connectivity index (χ4v) is 5.32. The first-order valence-corrected chi connectivity index (χ1v) is 10.4. The molecule has 24 heavy (non-hydrogen) atoms. The van der Waals surface area contributed by atoms with Gasteiger partial charge in [-0.3, -0.25) is 0 Å². The summed E-state index contributed by atoms with van der Waals surface area (Å²) in [4.78, 5) is 4.42. The summed E-state index contributed by atoms with van der Waals surface area (Å²) in [5, 5.41) is 0.759. The van der Waals surface area contributed by atoms with Gasteiger partial charge in [-0.15, -0.1) is 0 Å². The first kappa shape index (κ1) is 17.5. The molecule has 1 aliphatic carbocycles. The van der Waals surface area contributed by atoms with Gasteiger partial charge in [0.25, 0.3) is 0 Å². The molecule has 0 atom stereocenters. The molecule has 0 N–H and O–H groups in total. The highest BCUT2D eigenvalue weighted by Gasteiger charge is 2.29. The van der Waals surface area contributed by atoms with Gasteiger partial charge in [-0.1, -0.05) is 43.0 Å². The second-order valence-corrected chi connectivity index (χ2v) is 8.94. The summed E-state index contributed by atoms with van der Waals surface area (Å²) in [7, 11) is -3.52. The quantitative estimate of drug-likeness (QED) is 0.792. The number of rotatable bonds is 4. The van der Waals surface area contributed by atoms with Crippen molar-refractivity contribution in [3.63, 3.8) is 0 Å². The number of halogens is 1. The molecule has 0 unspecified atom stereocenters. The number of aryl methyl sites for hydroxylation is 1. The number of aromatic nitrogens is 2. The maximum atomic E-state index is 13.0. The van der Waals surface area contributed by atoms with Crippen LogP contribution in [0.5, 0.6) is 0 Å². The van der Waals surface area contributed by atoms with E-state index in [1.165, 1.54) is 6.42 Å². The summed E-state index contributed by atoms with van der Waals surface area (Å²) < 4.78 is 28.0. The van der Waals surface area contributed by atoms with Gasteiger partial charge in [0.1, 0.15) is 0 Å². The monoisotopic (exact) mass is 366 g/mol. The van der Waals surface area contributed by atoms with E-state index in [9.17, 15) is 8.42 Å². The van der Waals surface area contributed by atoms with Crippen LogP contribution in [-0.2, 0) is 15.6 Å². The van der Waals surface area contributed by atoms with Gasteiger partial charge in [-0.05, 0) is 44.4 Å². The maximum Gasteiger partial charge on any atom is 0.228 e. The Kier molecular flexibility index (Phi) is 5.02. The molecule has 1 fully saturated rings. The SMILES string of the molecule is Cc1nc(S(=O)(=O)Cc2cccc(Cl)c2)n(C2CCCCC2)c1C. The second-order valence-electron chi connectivity index (χ2n) is 6.62. The largest absolute Gasteiger partial charge is 0.316 e. The molecule has 1 heterocycles. The molecule has 0 radical (unpaired) electrons. The Morgan fingerprint density at radius 3 is 2.58 bits per heavy atom. The Bertz CT molecular complexity index is 837. The summed E-state index contributed by atoms with van der Waals surface area (Å²) in [5.41, 5.74) is 2.45. The Balaban J connectivity index is 1.99. The highest BCUT2D eigenvalue weighted by Crippen LogP contribution is 2.33. The van der Waals surface area contributed by atoms with Crippen molar-refractivity contribution in [3.05, 3.63) is 46.2 Å². The molecule has 2 aromatic rings. The van der Waals surface area contributed by atoms with Crippen LogP contribution in [0.2, 0.25) is 5.02 Å². The smallest absolute Gasteiger partial charge is 0.228 e. The third-order valence-corrected chi connectivity index (χ3v) is 6.61. The lowest BCUT2D eigenvalue weighted by molar-refractivity contribution is 0.329. The zero-order valence-corrected chi connectivity index (χ0v) is 15.7. The summed E-state index contributed by atoms with van der Waals surface area (Å²) in [6.45, 7) is 3.85. The molecule has 3 rings (SSSR count). The molecule has 1 aliphatic rings. The summed E-state index contributed by atoms with van der Waals surface area (Å²) >= 11 is 5.99. The van der Waals surface area contributed by atoms with Crippen LogP contribution in [0.4, 0.5) is 0 Å². The molecule has 0 spiro atoms. The van der Waals surface area contributed by atoms with Crippen molar-refractivity contribution < 1.29 is 8.42 Å². The third kappa shape index (κ3) is 3.52. The molecular formula is C18H23ClN2O2S. The molecular weight excluding hydrogens is 344 g/mol. The molecule has 0 bridgehead atoms. The molecule has 1 saturated carbocycles. The van der Waals surface area contributed by atoms with Crippen LogP contribution in [-0.4, -0.2) is 18.0 Å². The zero-order chi connectivity index (χ0) is 17.3. The minimum atomic E-state index is -3.52. The highest BCUT2D eigenvalue weighted by molar-refractivity contribution is 7.90. The van der Waals surface area contributed by atoms with Crippen LogP contribution in [0.25, 0.3) is 0 Å². The fraction of sp³-hybridized carbons (Fsp3) is 0.500. The van der Waals surface area contributed by atoms with Crippen LogP contribution >= 0.6 is 11.6 Å². The lowest BCUT2D eigenvalue weighted by atomic mass is 9.95. The van der Waals surface area contributed by atoms with Crippen molar-refractivity contribution in [2.24, 2.45) is 0 Å². The molecule has 1 aromatic heterocycles. The van der Waals surface area contributed by atoms with Gasteiger partial charge in [0.15, 0.2) is 0 Å². The topological polar surface area (TPSA) is 52.0 Å². The van der Waals surface area contributed by atoms with Crippen molar-refractivity contribution in [2.45, 2.75) is 62.9 Å². The van der Waals surface area contributed by atoms with Crippen molar-refractivity contribution >= 4 is 21.4 Å². The molecule has 1 aromatic carbocycles. The molecule has 0 amide bonds. The molecule has 6 heteroatoms. The van der Waals surface area contributed by atoms with Crippen molar-refractivity contribution in [1.29, 1.82) is 0 Å². The number of imidazole rings is 1. The van der Waals surface area contributed by atoms with Gasteiger partial charge >= 0.3 is 0 Å². The van der Waals surface area contributed by atoms with E-state index in [1.54, 1.807) is 24.3 Å². The lowest BCUT2D eigenvalue weighted by Crippen LogP contribution is -2.20. The van der Waals surface area contributed by atoms with E-state index in [4.69, 9.17) is 11.6 Å². The van der Waals surface area contributed by atoms with Gasteiger partial charge in [0, 0.05) is 16.8 Å². The minimum Gasteiger partial charge on any atom is -0.316 e. The summed E-state index contributed by atoms with van der Waals surface area (Å²) in [6, 6.07) is 7.25. The van der Waals surface area contributed by atoms with Gasteiger partial charge in [0.2, 0.25) is 15.0 Å². The van der Waals surface area contributed by atoms with E-state index >= 15 is 0 Å². The highest BCUT2D eigenvalue weighted by atomic mass is 35.5. The Labute approximate surface area is 148 Å². The van der Waals surface area contributed by atoms with Crippen molar-refractivity contribution in [3.8, 4) is 0 Å². The number of hydrogen-bond donors (Lipinski definition) is 0. The summed E-state index contributed by atoms with van der Waals surface area (Å²) in [5.74, 6) is -0.0732. The minimum absolute atomic E-state index is 0.0732. The Morgan fingerprint density at radius 1 is 1.21 bits per heavy atom. The van der Waals surface area contributed by atoms with Crippen LogP contribution in [0.3, 0.4) is 0 Å². The lowest BCUT2D eigenvalue weighted by Gasteiger charge is -2.26. The van der Waals surface area contributed by atoms with Crippen molar-refractivity contribution in [1.82, 2.24) is 9.55 Å². The van der Waals surface area contributed by atoms with Crippen molar-refractivity contribution in [2.75, 3.05) is 0 Å². The predicted molar refractivity (Wildman–Crippen MR) is 96.2 cm³/mol. The average Bonchev–Trinajstić information content (AvgIpc) is 2.84. The molecule has 4 nitrogen and oxygen atoms in total. The van der Waals surface area contributed by atoms with Crippen LogP contribution in [0.15, 0.2) is 29.4 Å². The number of hydrogen-bond acceptors (Lipinski definition) is 3. The first-order valence-electron chi connectivity index (χ1n) is 8.41. The molecule has 0 aliphatic heterocycles. The molecule has 130 valence electrons.